The molecule has 1 saturated heterocycles. The average Bonchev–Trinajstić information content (AvgIpc) is 2.95. The molecule has 1 amide bonds. The Kier molecular flexibility index (Phi) is 5.33. The predicted molar refractivity (Wildman–Crippen MR) is 107 cm³/mol. The Balaban J connectivity index is 2.06. The number of nitrogens with zero attached hydrogens (tertiary/aromatic N) is 2. The van der Waals surface area contributed by atoms with Gasteiger partial charge in [-0.25, -0.2) is 8.42 Å². The minimum absolute atomic E-state index is 0.0829. The van der Waals surface area contributed by atoms with Crippen LogP contribution < -0.4 is 4.31 Å². The average molecular weight is 390 g/mol. The predicted octanol–water partition coefficient (Wildman–Crippen LogP) is 3.39. The molecule has 0 spiro atoms. The molecule has 146 valence electrons. The highest BCUT2D eigenvalue weighted by Gasteiger charge is 2.34. The van der Waals surface area contributed by atoms with Crippen molar-refractivity contribution in [1.29, 1.82) is 0 Å². The SMILES string of the molecule is Cc1cccc(N(C)S(=O)(=O)c2c(C)[nH]c(C)c2C(=O)N2CCCCC2)c1. The number of rotatable bonds is 4. The smallest absolute Gasteiger partial charge is 0.266 e. The van der Waals surface area contributed by atoms with Gasteiger partial charge >= 0.3 is 0 Å². The van der Waals surface area contributed by atoms with E-state index < -0.39 is 10.0 Å². The van der Waals surface area contributed by atoms with Crippen LogP contribution in [0.4, 0.5) is 5.69 Å². The second kappa shape index (κ2) is 7.38. The molecule has 0 radical (unpaired) electrons. The zero-order chi connectivity index (χ0) is 19.8. The van der Waals surface area contributed by atoms with Crippen molar-refractivity contribution in [2.75, 3.05) is 24.4 Å². The monoisotopic (exact) mass is 389 g/mol. The molecule has 1 N–H and O–H groups in total. The van der Waals surface area contributed by atoms with Gasteiger partial charge in [-0.2, -0.15) is 0 Å². The summed E-state index contributed by atoms with van der Waals surface area (Å²) in [6.07, 6.45) is 3.02. The number of aromatic nitrogens is 1. The van der Waals surface area contributed by atoms with Crippen molar-refractivity contribution in [2.24, 2.45) is 0 Å². The van der Waals surface area contributed by atoms with Gasteiger partial charge in [0.25, 0.3) is 15.9 Å². The normalized spacial score (nSPS) is 15.0. The molecule has 2 heterocycles. The zero-order valence-electron chi connectivity index (χ0n) is 16.4. The Morgan fingerprint density at radius 3 is 2.37 bits per heavy atom. The van der Waals surface area contributed by atoms with Crippen LogP contribution in [0.2, 0.25) is 0 Å². The molecular formula is C20H27N3O3S. The lowest BCUT2D eigenvalue weighted by Crippen LogP contribution is -2.37. The van der Waals surface area contributed by atoms with Crippen LogP contribution in [0.25, 0.3) is 0 Å². The number of anilines is 1. The van der Waals surface area contributed by atoms with E-state index in [1.165, 1.54) is 11.4 Å². The molecule has 3 rings (SSSR count). The number of amides is 1. The number of H-pyrrole nitrogens is 1. The number of nitrogens with one attached hydrogen (secondary N) is 1. The van der Waals surface area contributed by atoms with Gasteiger partial charge in [0.05, 0.1) is 11.3 Å². The van der Waals surface area contributed by atoms with E-state index in [-0.39, 0.29) is 16.4 Å². The Morgan fingerprint density at radius 1 is 1.07 bits per heavy atom. The first-order valence-corrected chi connectivity index (χ1v) is 10.7. The van der Waals surface area contributed by atoms with Gasteiger partial charge in [-0.1, -0.05) is 12.1 Å². The van der Waals surface area contributed by atoms with Crippen molar-refractivity contribution in [1.82, 2.24) is 9.88 Å². The van der Waals surface area contributed by atoms with Gasteiger partial charge in [-0.3, -0.25) is 9.10 Å². The Morgan fingerprint density at radius 2 is 1.74 bits per heavy atom. The molecule has 0 unspecified atom stereocenters. The topological polar surface area (TPSA) is 73.5 Å². The van der Waals surface area contributed by atoms with Crippen molar-refractivity contribution < 1.29 is 13.2 Å². The van der Waals surface area contributed by atoms with E-state index in [1.54, 1.807) is 24.8 Å². The highest BCUT2D eigenvalue weighted by Crippen LogP contribution is 2.31. The van der Waals surface area contributed by atoms with Crippen LogP contribution in [0.3, 0.4) is 0 Å². The largest absolute Gasteiger partial charge is 0.361 e. The Hall–Kier alpha value is -2.28. The Bertz CT molecular complexity index is 957. The molecule has 6 nitrogen and oxygen atoms in total. The lowest BCUT2D eigenvalue weighted by molar-refractivity contribution is 0.0720. The maximum atomic E-state index is 13.4. The summed E-state index contributed by atoms with van der Waals surface area (Å²) in [5.74, 6) is -0.201. The molecule has 27 heavy (non-hydrogen) atoms. The minimum atomic E-state index is -3.88. The van der Waals surface area contributed by atoms with Gasteiger partial charge in [0.2, 0.25) is 0 Å². The van der Waals surface area contributed by atoms with Gasteiger partial charge in [0.1, 0.15) is 4.90 Å². The van der Waals surface area contributed by atoms with Crippen molar-refractivity contribution in [3.63, 3.8) is 0 Å². The molecule has 0 bridgehead atoms. The van der Waals surface area contributed by atoms with Gasteiger partial charge in [-0.05, 0) is 57.7 Å². The first-order chi connectivity index (χ1) is 12.7. The molecule has 1 fully saturated rings. The fourth-order valence-electron chi connectivity index (χ4n) is 3.69. The van der Waals surface area contributed by atoms with E-state index in [1.807, 2.05) is 25.1 Å². The summed E-state index contributed by atoms with van der Waals surface area (Å²) in [5, 5.41) is 0. The maximum Gasteiger partial charge on any atom is 0.266 e. The second-order valence-electron chi connectivity index (χ2n) is 7.24. The summed E-state index contributed by atoms with van der Waals surface area (Å²) in [7, 11) is -2.35. The van der Waals surface area contributed by atoms with Crippen molar-refractivity contribution in [3.05, 3.63) is 46.8 Å². The van der Waals surface area contributed by atoms with Crippen LogP contribution in [-0.2, 0) is 10.0 Å². The lowest BCUT2D eigenvalue weighted by Gasteiger charge is -2.27. The number of carbonyl (C=O) groups is 1. The minimum Gasteiger partial charge on any atom is -0.361 e. The van der Waals surface area contributed by atoms with Crippen LogP contribution in [0.1, 0.15) is 46.6 Å². The van der Waals surface area contributed by atoms with E-state index in [0.29, 0.717) is 30.2 Å². The molecule has 1 aliphatic rings. The number of aromatic amines is 1. The molecule has 1 aliphatic heterocycles. The van der Waals surface area contributed by atoms with E-state index in [9.17, 15) is 13.2 Å². The van der Waals surface area contributed by atoms with Crippen LogP contribution in [0, 0.1) is 20.8 Å². The number of piperidine rings is 1. The fraction of sp³-hybridized carbons (Fsp3) is 0.450. The van der Waals surface area contributed by atoms with Crippen molar-refractivity contribution >= 4 is 21.6 Å². The number of sulfonamides is 1. The number of benzene rings is 1. The first-order valence-electron chi connectivity index (χ1n) is 9.27. The summed E-state index contributed by atoms with van der Waals surface area (Å²) in [4.78, 5) is 18.1. The van der Waals surface area contributed by atoms with Crippen LogP contribution in [0.5, 0.6) is 0 Å². The fourth-order valence-corrected chi connectivity index (χ4v) is 5.29. The zero-order valence-corrected chi connectivity index (χ0v) is 17.2. The van der Waals surface area contributed by atoms with Gasteiger partial charge in [0.15, 0.2) is 0 Å². The van der Waals surface area contributed by atoms with Crippen molar-refractivity contribution in [3.8, 4) is 0 Å². The molecular weight excluding hydrogens is 362 g/mol. The lowest BCUT2D eigenvalue weighted by atomic mass is 10.1. The van der Waals surface area contributed by atoms with Gasteiger partial charge < -0.3 is 9.88 Å². The van der Waals surface area contributed by atoms with Crippen molar-refractivity contribution in [2.45, 2.75) is 44.9 Å². The maximum absolute atomic E-state index is 13.4. The quantitative estimate of drug-likeness (QED) is 0.871. The number of hydrogen-bond donors (Lipinski definition) is 1. The van der Waals surface area contributed by atoms with Crippen LogP contribution in [0.15, 0.2) is 29.2 Å². The molecule has 0 atom stereocenters. The third kappa shape index (κ3) is 3.60. The number of aryl methyl sites for hydroxylation is 3. The molecule has 0 saturated carbocycles. The summed E-state index contributed by atoms with van der Waals surface area (Å²) in [6, 6.07) is 7.32. The molecule has 1 aromatic carbocycles. The summed E-state index contributed by atoms with van der Waals surface area (Å²) in [6.45, 7) is 6.74. The summed E-state index contributed by atoms with van der Waals surface area (Å²) in [5.41, 5.74) is 2.91. The summed E-state index contributed by atoms with van der Waals surface area (Å²) >= 11 is 0. The van der Waals surface area contributed by atoms with E-state index >= 15 is 0 Å². The highest BCUT2D eigenvalue weighted by molar-refractivity contribution is 7.93. The molecule has 7 heteroatoms. The number of likely N-dealkylation sites (tertiary alicyclic amines) is 1. The Labute approximate surface area is 161 Å². The summed E-state index contributed by atoms with van der Waals surface area (Å²) < 4.78 is 28.1. The standard InChI is InChI=1S/C20H27N3O3S/c1-14-9-8-10-17(13-14)22(4)27(25,26)19-16(3)21-15(2)18(19)20(24)23-11-6-5-7-12-23/h8-10,13,21H,5-7,11-12H2,1-4H3. The second-order valence-corrected chi connectivity index (χ2v) is 9.15. The van der Waals surface area contributed by atoms with Gasteiger partial charge in [0, 0.05) is 31.5 Å². The molecule has 1 aromatic heterocycles. The third-order valence-electron chi connectivity index (χ3n) is 5.16. The van der Waals surface area contributed by atoms with E-state index in [2.05, 4.69) is 4.98 Å². The molecule has 0 aliphatic carbocycles. The first kappa shape index (κ1) is 19.5. The van der Waals surface area contributed by atoms with E-state index in [0.717, 1.165) is 24.8 Å². The third-order valence-corrected chi connectivity index (χ3v) is 7.12. The van der Waals surface area contributed by atoms with Crippen LogP contribution in [-0.4, -0.2) is 44.3 Å². The van der Waals surface area contributed by atoms with E-state index in [4.69, 9.17) is 0 Å². The highest BCUT2D eigenvalue weighted by atomic mass is 32.2. The van der Waals surface area contributed by atoms with Gasteiger partial charge in [-0.15, -0.1) is 0 Å². The number of hydrogen-bond acceptors (Lipinski definition) is 3. The number of carbonyl (C=O) groups excluding carboxylic acids is 1. The van der Waals surface area contributed by atoms with Crippen LogP contribution >= 0.6 is 0 Å². The molecule has 2 aromatic rings.